The quantitative estimate of drug-likeness (QED) is 0.0214. The van der Waals surface area contributed by atoms with Gasteiger partial charge in [0.15, 0.2) is 39.1 Å². The lowest BCUT2D eigenvalue weighted by molar-refractivity contribution is -0.276. The van der Waals surface area contributed by atoms with Crippen LogP contribution < -0.4 is 25.5 Å². The third-order valence-corrected chi connectivity index (χ3v) is 58.1. The van der Waals surface area contributed by atoms with Gasteiger partial charge in [0.05, 0.1) is 93.1 Å². The minimum atomic E-state index is -3.18. The molecule has 0 saturated carbocycles. The Morgan fingerprint density at radius 3 is 1.46 bits per heavy atom. The molecule has 0 bridgehead atoms. The average molecular weight is 1820 g/mol. The van der Waals surface area contributed by atoms with Crippen LogP contribution in [0.25, 0.3) is 0 Å². The van der Waals surface area contributed by atoms with Gasteiger partial charge in [0.1, 0.15) is 24.1 Å². The Morgan fingerprint density at radius 2 is 0.976 bits per heavy atom. The van der Waals surface area contributed by atoms with Crippen LogP contribution in [-0.2, 0) is 66.4 Å². The number of ether oxygens (including phenoxy) is 7. The Hall–Kier alpha value is -4.65. The van der Waals surface area contributed by atoms with E-state index < -0.39 is 86.5 Å². The zero-order valence-electron chi connectivity index (χ0n) is 82.5. The van der Waals surface area contributed by atoms with Crippen molar-refractivity contribution in [3.63, 3.8) is 0 Å². The Bertz CT molecular complexity index is 4230. The van der Waals surface area contributed by atoms with E-state index in [2.05, 4.69) is 337 Å². The Labute approximate surface area is 763 Å². The van der Waals surface area contributed by atoms with Gasteiger partial charge in [0, 0.05) is 31.8 Å². The van der Waals surface area contributed by atoms with E-state index in [1.165, 1.54) is 20.7 Å². The van der Waals surface area contributed by atoms with Crippen LogP contribution in [-0.4, -0.2) is 167 Å². The Morgan fingerprint density at radius 1 is 0.488 bits per heavy atom. The topological polar surface area (TPSA) is 137 Å². The first-order valence-corrected chi connectivity index (χ1v) is 62.6. The third kappa shape index (κ3) is 24.1. The average Bonchev–Trinajstić information content (AvgIpc) is 0.996. The molecular weight excluding hydrogens is 1650 g/mol. The van der Waals surface area contributed by atoms with Crippen molar-refractivity contribution in [2.45, 2.75) is 396 Å². The molecule has 0 amide bonds. The molecule has 0 aliphatic carbocycles. The summed E-state index contributed by atoms with van der Waals surface area (Å²) < 4.78 is 97.7. The molecule has 5 aromatic carbocycles. The van der Waals surface area contributed by atoms with Gasteiger partial charge in [-0.1, -0.05) is 297 Å². The summed E-state index contributed by atoms with van der Waals surface area (Å²) in [7, 11) is -14.6. The second kappa shape index (κ2) is 41.2. The maximum absolute atomic E-state index is 14.8. The van der Waals surface area contributed by atoms with Gasteiger partial charge in [0.25, 0.3) is 16.6 Å². The Kier molecular flexibility index (Phi) is 33.8. The fourth-order valence-corrected chi connectivity index (χ4v) is 33.0. The SMILES string of the molecule is C=CCC[C@@H]1OC(C(/C=C/C(=O)CCC2CC(=C)[C@H](CC[C@H]3C[C@@H](C)C(=C)C(C[C@@H]4OC5CC(O[Si](c6ccccc6)(c6ccccc6)C(C)(C)C)[C@@H](CCO[Si](c6ccccc6)(c6ccccc6)C(C)(C)C)OC5[C@H](C)C4OCc4ccc(OC)cc4)O3)O2)O[Si](C)(C)C(C)(C)C)[C@@H](O[Si](C)(C)C(C)(C)C)[C@@H](O[Si](C)(C)C(C)(C)C)[C@H]1O[Si](C)(C)C(C)(C)C. The van der Waals surface area contributed by atoms with Gasteiger partial charge in [-0.25, -0.2) is 0 Å². The van der Waals surface area contributed by atoms with Crippen molar-refractivity contribution >= 4 is 76.4 Å². The second-order valence-electron chi connectivity index (χ2n) is 45.3. The van der Waals surface area contributed by atoms with Crippen LogP contribution >= 0.6 is 0 Å². The van der Waals surface area contributed by atoms with Crippen LogP contribution in [0, 0.1) is 11.8 Å². The number of carbonyl (C=O) groups is 1. The largest absolute Gasteiger partial charge is 0.497 e. The van der Waals surface area contributed by atoms with E-state index in [1.54, 1.807) is 13.2 Å². The van der Waals surface area contributed by atoms with Gasteiger partial charge in [-0.2, -0.15) is 0 Å². The van der Waals surface area contributed by atoms with Gasteiger partial charge < -0.3 is 59.7 Å². The summed E-state index contributed by atoms with van der Waals surface area (Å²) in [5.41, 5.74) is 3.16. The van der Waals surface area contributed by atoms with Crippen molar-refractivity contribution in [2.75, 3.05) is 13.7 Å². The number of allylic oxidation sites excluding steroid dienone is 2. The summed E-state index contributed by atoms with van der Waals surface area (Å²) in [6, 6.07) is 52.0. The van der Waals surface area contributed by atoms with Crippen molar-refractivity contribution in [1.29, 1.82) is 0 Å². The van der Waals surface area contributed by atoms with Crippen molar-refractivity contribution in [3.8, 4) is 5.75 Å². The summed E-state index contributed by atoms with van der Waals surface area (Å²) in [5, 5.41) is 3.85. The summed E-state index contributed by atoms with van der Waals surface area (Å²) in [6.45, 7) is 79.2. The van der Waals surface area contributed by atoms with Gasteiger partial charge in [-0.05, 0) is 196 Å². The zero-order valence-corrected chi connectivity index (χ0v) is 88.5. The molecule has 10 rings (SSSR count). The fourth-order valence-electron chi connectivity index (χ4n) is 18.5. The minimum absolute atomic E-state index is 0.00785. The molecular formula is C105H164O14Si6. The lowest BCUT2D eigenvalue weighted by Gasteiger charge is -2.56. The summed E-state index contributed by atoms with van der Waals surface area (Å²) >= 11 is 0. The lowest BCUT2D eigenvalue weighted by atomic mass is 9.79. The first kappa shape index (κ1) is 102. The maximum atomic E-state index is 14.8. The van der Waals surface area contributed by atoms with Crippen molar-refractivity contribution in [2.24, 2.45) is 11.8 Å². The molecule has 0 radical (unpaired) electrons. The van der Waals surface area contributed by atoms with Crippen LogP contribution in [0.2, 0.25) is 82.6 Å². The fraction of sp³-hybridized carbons (Fsp3) is 0.629. The molecule has 125 heavy (non-hydrogen) atoms. The highest BCUT2D eigenvalue weighted by molar-refractivity contribution is 7.00. The predicted octanol–water partition coefficient (Wildman–Crippen LogP) is 23.5. The maximum Gasteiger partial charge on any atom is 0.261 e. The number of rotatable bonds is 36. The standard InChI is InChI=1S/C105H164O14Si6/c1-33-34-55-88-97(117-121(27,28)101(9,10)11)99(119-123(31,32)103(15,16)17)98(118-122(29,30)102(12,13)14)96(114-88)89(115-120(25,26)100(6,7)8)64-59-78(106)58-62-80-69-74(3)86(110-80)65-63-81-68-73(2)75(4)90(111-81)70-92-94(108-72-77-56-60-79(107-24)61-57-77)76(5)95-93(112-92)71-91(116-125(105(21,22)23,84-51-43-37-44-52-84)85-53-45-38-46-54-85)87(113-95)66-67-109-124(104(18,19)20,82-47-39-35-40-48-82)83-49-41-36-42-50-83/h33,35-54,56-57,59-61,64,73,76,80-81,86-99H,1,3-4,34,55,58,62-63,65-72H2,2,5-32H3/b64-59+/t73-,76-,80?,81+,86+,87-,88+,89?,90?,91?,92+,93?,94?,95?,96?,97+,98-,99+/m1/s1. The van der Waals surface area contributed by atoms with E-state index in [0.29, 0.717) is 58.2 Å². The molecule has 0 aromatic heterocycles. The van der Waals surface area contributed by atoms with Crippen LogP contribution in [0.1, 0.15) is 215 Å². The molecule has 5 heterocycles. The number of ketones is 1. The number of methoxy groups -OCH3 is 1. The summed E-state index contributed by atoms with van der Waals surface area (Å²) in [6.07, 6.45) is 6.70. The molecule has 20 heteroatoms. The van der Waals surface area contributed by atoms with E-state index in [1.807, 2.05) is 24.3 Å². The highest BCUT2D eigenvalue weighted by Gasteiger charge is 2.61. The Balaban J connectivity index is 0.893. The van der Waals surface area contributed by atoms with Crippen LogP contribution in [0.15, 0.2) is 195 Å². The van der Waals surface area contributed by atoms with Gasteiger partial charge in [0.2, 0.25) is 0 Å². The summed E-state index contributed by atoms with van der Waals surface area (Å²) in [4.78, 5) is 14.8. The first-order chi connectivity index (χ1) is 58.2. The minimum Gasteiger partial charge on any atom is -0.497 e. The van der Waals surface area contributed by atoms with Crippen LogP contribution in [0.5, 0.6) is 5.75 Å². The number of hydrogen-bond acceptors (Lipinski definition) is 14. The number of hydrogen-bond donors (Lipinski definition) is 0. The van der Waals surface area contributed by atoms with E-state index >= 15 is 0 Å². The smallest absolute Gasteiger partial charge is 0.261 e. The van der Waals surface area contributed by atoms with E-state index in [9.17, 15) is 4.79 Å². The second-order valence-corrected chi connectivity index (χ2v) is 72.9. The van der Waals surface area contributed by atoms with Gasteiger partial charge in [-0.3, -0.25) is 4.79 Å². The monoisotopic (exact) mass is 1820 g/mol. The van der Waals surface area contributed by atoms with Crippen molar-refractivity contribution in [3.05, 3.63) is 200 Å². The molecule has 692 valence electrons. The molecule has 0 spiro atoms. The van der Waals surface area contributed by atoms with E-state index in [-0.39, 0.29) is 109 Å². The van der Waals surface area contributed by atoms with Crippen LogP contribution in [0.3, 0.4) is 0 Å². The molecule has 14 nitrogen and oxygen atoms in total. The number of carbonyl (C=O) groups excluding carboxylic acids is 1. The molecule has 18 atom stereocenters. The highest BCUT2D eigenvalue weighted by Crippen LogP contribution is 2.51. The first-order valence-electron chi connectivity index (χ1n) is 47.1. The highest BCUT2D eigenvalue weighted by atomic mass is 28.4. The molecule has 5 aliphatic heterocycles. The van der Waals surface area contributed by atoms with Crippen molar-refractivity contribution < 1.29 is 64.5 Å². The molecule has 5 aromatic rings. The summed E-state index contributed by atoms with van der Waals surface area (Å²) in [5.74, 6) is 0.867. The van der Waals surface area contributed by atoms with Gasteiger partial charge in [-0.15, -0.1) is 6.58 Å². The van der Waals surface area contributed by atoms with Gasteiger partial charge >= 0.3 is 0 Å². The molecule has 0 N–H and O–H groups in total. The van der Waals surface area contributed by atoms with Crippen LogP contribution in [0.4, 0.5) is 0 Å². The lowest BCUT2D eigenvalue weighted by Crippen LogP contribution is -2.70. The molecule has 5 fully saturated rings. The van der Waals surface area contributed by atoms with Crippen molar-refractivity contribution in [1.82, 2.24) is 0 Å². The molecule has 5 saturated heterocycles. The number of benzene rings is 5. The predicted molar refractivity (Wildman–Crippen MR) is 531 cm³/mol. The third-order valence-electron chi connectivity index (χ3n) is 30.1. The zero-order chi connectivity index (χ0) is 92.1. The van der Waals surface area contributed by atoms with E-state index in [4.69, 9.17) is 66.3 Å². The normalized spacial score (nSPS) is 27.2. The number of fused-ring (bicyclic) bond motifs is 1. The molecule has 8 unspecified atom stereocenters. The van der Waals surface area contributed by atoms with E-state index in [0.717, 1.165) is 48.1 Å². The molecule has 5 aliphatic rings.